The third-order valence-electron chi connectivity index (χ3n) is 18.0. The average Bonchev–Trinajstić information content (AvgIpc) is 1.58. The summed E-state index contributed by atoms with van der Waals surface area (Å²) in [4.78, 5) is 30.0. The van der Waals surface area contributed by atoms with E-state index in [1.165, 1.54) is 71.6 Å². The van der Waals surface area contributed by atoms with Crippen molar-refractivity contribution in [3.05, 3.63) is 279 Å². The highest BCUT2D eigenvalue weighted by Gasteiger charge is 2.22. The monoisotopic (exact) mass is 1330 g/mol. The first-order chi connectivity index (χ1) is 47.5. The highest BCUT2D eigenvalue weighted by molar-refractivity contribution is 7.23. The van der Waals surface area contributed by atoms with Crippen LogP contribution in [0.25, 0.3) is 190 Å². The van der Waals surface area contributed by atoms with E-state index in [0.29, 0.717) is 0 Å². The molecule has 8 heterocycles. The predicted molar refractivity (Wildman–Crippen MR) is 411 cm³/mol. The van der Waals surface area contributed by atoms with E-state index in [4.69, 9.17) is 29.9 Å². The Morgan fingerprint density at radius 1 is 0.208 bits per heavy atom. The highest BCUT2D eigenvalue weighted by atomic mass is 32.1. The Kier molecular flexibility index (Phi) is 12.9. The van der Waals surface area contributed by atoms with Crippen molar-refractivity contribution in [1.82, 2.24) is 39.0 Å². The molecule has 13 aromatic carbocycles. The van der Waals surface area contributed by atoms with Gasteiger partial charge in [0, 0.05) is 55.0 Å². The normalized spacial score (nSPS) is 12.0. The Morgan fingerprint density at radius 2 is 0.531 bits per heavy atom. The highest BCUT2D eigenvalue weighted by Crippen LogP contribution is 2.44. The zero-order chi connectivity index (χ0) is 63.0. The number of thiazole rings is 6. The minimum Gasteiger partial charge on any atom is -0.309 e. The molecule has 0 atom stereocenters. The fourth-order valence-electron chi connectivity index (χ4n) is 13.4. The maximum absolute atomic E-state index is 5.13. The zero-order valence-electron chi connectivity index (χ0n) is 50.6. The summed E-state index contributed by atoms with van der Waals surface area (Å²) in [7, 11) is 0. The Labute approximate surface area is 571 Å². The molecule has 0 saturated carbocycles. The van der Waals surface area contributed by atoms with Crippen LogP contribution in [0, 0.1) is 0 Å². The SMILES string of the molecule is c1ccc2cc(-c3ccc4nc(-c5ccc6c(c5)c5cc(-c7nc8ccccc8s7)ccc5n6-c5nc6ccccc6s5)sc4c3)ccc2c1.c1ccc2sc(-c3ccc(-n4c5ccc(-c6nc7ccccc7s6)cc5c5cc(-c6nc7ccccc7s6)ccc54)cc3)nc2c1. The van der Waals surface area contributed by atoms with Crippen LogP contribution in [-0.4, -0.2) is 39.0 Å². The van der Waals surface area contributed by atoms with Gasteiger partial charge in [0.1, 0.15) is 25.0 Å². The standard InChI is InChI=1S/C43H24N4S3.C39H22N4S3/c1-2-8-26-21-27(14-13-25(26)7-1)28-15-18-35-40(24-28)49-42(45-35)30-17-20-37-32(23-30)31-22-29(41-44-33-9-3-5-11-38(33)48-41)16-19-36(31)47(37)43-46-34-10-4-6-12-39(34)50-43;1-4-10-34-29(7-1)40-37(44-34)23-13-17-26(18-14-23)43-32-19-15-24(38-41-30-8-2-5-11-35(30)45-38)21-27(32)28-22-25(16-20-33(28)43)39-42-31-9-3-6-12-36(31)46-39/h1-24H;1-22H. The van der Waals surface area contributed by atoms with Crippen molar-refractivity contribution in [1.29, 1.82) is 0 Å². The van der Waals surface area contributed by atoms with Crippen molar-refractivity contribution in [2.24, 2.45) is 0 Å². The summed E-state index contributed by atoms with van der Waals surface area (Å²) >= 11 is 10.4. The largest absolute Gasteiger partial charge is 0.309 e. The van der Waals surface area contributed by atoms with Crippen molar-refractivity contribution in [3.63, 3.8) is 0 Å². The molecule has 0 fully saturated rings. The van der Waals surface area contributed by atoms with Gasteiger partial charge >= 0.3 is 0 Å². The van der Waals surface area contributed by atoms with Crippen molar-refractivity contribution >= 4 is 184 Å². The second kappa shape index (κ2) is 22.4. The van der Waals surface area contributed by atoms with Crippen molar-refractivity contribution < 1.29 is 0 Å². The van der Waals surface area contributed by atoms with Crippen molar-refractivity contribution in [3.8, 4) is 74.8 Å². The molecule has 0 unspecified atom stereocenters. The minimum atomic E-state index is 0.966. The molecule has 14 heteroatoms. The van der Waals surface area contributed by atoms with Gasteiger partial charge < -0.3 is 4.57 Å². The summed E-state index contributed by atoms with van der Waals surface area (Å²) in [6, 6.07) is 99.4. The van der Waals surface area contributed by atoms with Gasteiger partial charge in [0.15, 0.2) is 5.13 Å². The van der Waals surface area contributed by atoms with Gasteiger partial charge in [-0.25, -0.2) is 29.9 Å². The smallest absolute Gasteiger partial charge is 0.195 e. The van der Waals surface area contributed by atoms with Crippen LogP contribution in [0.3, 0.4) is 0 Å². The van der Waals surface area contributed by atoms with Crippen molar-refractivity contribution in [2.75, 3.05) is 0 Å². The molecule has 0 bridgehead atoms. The molecule has 8 nitrogen and oxygen atoms in total. The maximum atomic E-state index is 5.13. The Hall–Kier alpha value is -10.9. The van der Waals surface area contributed by atoms with Crippen LogP contribution < -0.4 is 0 Å². The summed E-state index contributed by atoms with van der Waals surface area (Å²) < 4.78 is 11.8. The van der Waals surface area contributed by atoms with E-state index in [9.17, 15) is 0 Å². The third kappa shape index (κ3) is 9.47. The summed E-state index contributed by atoms with van der Waals surface area (Å²) in [6.07, 6.45) is 0. The van der Waals surface area contributed by atoms with Gasteiger partial charge in [0.25, 0.3) is 0 Å². The topological polar surface area (TPSA) is 87.2 Å². The van der Waals surface area contributed by atoms with Crippen LogP contribution in [0.15, 0.2) is 279 Å². The number of hydrogen-bond acceptors (Lipinski definition) is 12. The average molecular weight is 1340 g/mol. The van der Waals surface area contributed by atoms with Crippen LogP contribution in [0.5, 0.6) is 0 Å². The van der Waals surface area contributed by atoms with E-state index in [1.54, 1.807) is 68.0 Å². The fraction of sp³-hybridized carbons (Fsp3) is 0. The van der Waals surface area contributed by atoms with Gasteiger partial charge in [-0.1, -0.05) is 114 Å². The lowest BCUT2D eigenvalue weighted by Gasteiger charge is -2.09. The Morgan fingerprint density at radius 3 is 0.969 bits per heavy atom. The number of benzene rings is 13. The molecular formula is C82H46N8S6. The number of aromatic nitrogens is 8. The molecule has 0 spiro atoms. The quantitative estimate of drug-likeness (QED) is 0.151. The van der Waals surface area contributed by atoms with Gasteiger partial charge in [-0.2, -0.15) is 0 Å². The predicted octanol–water partition coefficient (Wildman–Crippen LogP) is 24.4. The summed E-state index contributed by atoms with van der Waals surface area (Å²) in [5.74, 6) is 0. The lowest BCUT2D eigenvalue weighted by molar-refractivity contribution is 1.15. The van der Waals surface area contributed by atoms with Gasteiger partial charge in [0.05, 0.1) is 83.4 Å². The molecule has 0 aliphatic carbocycles. The van der Waals surface area contributed by atoms with Gasteiger partial charge in [-0.05, 0) is 198 Å². The lowest BCUT2D eigenvalue weighted by atomic mass is 10.0. The molecular weight excluding hydrogens is 1290 g/mol. The molecule has 8 aromatic heterocycles. The van der Waals surface area contributed by atoms with Gasteiger partial charge in [0.2, 0.25) is 0 Å². The van der Waals surface area contributed by atoms with Crippen LogP contribution in [0.2, 0.25) is 0 Å². The molecule has 21 aromatic rings. The van der Waals surface area contributed by atoms with Crippen LogP contribution in [-0.2, 0) is 0 Å². The number of fused-ring (bicyclic) bond motifs is 13. The molecule has 0 radical (unpaired) electrons. The van der Waals surface area contributed by atoms with E-state index in [0.717, 1.165) is 119 Å². The molecule has 0 aliphatic heterocycles. The van der Waals surface area contributed by atoms with E-state index in [1.807, 2.05) is 18.2 Å². The molecule has 96 heavy (non-hydrogen) atoms. The van der Waals surface area contributed by atoms with E-state index in [-0.39, 0.29) is 0 Å². The molecule has 0 aliphatic rings. The van der Waals surface area contributed by atoms with E-state index < -0.39 is 0 Å². The Bertz CT molecular complexity index is 6400. The Balaban J connectivity index is 0.000000132. The molecule has 0 saturated heterocycles. The van der Waals surface area contributed by atoms with Gasteiger partial charge in [-0.15, -0.1) is 56.7 Å². The first kappa shape index (κ1) is 55.5. The molecule has 21 rings (SSSR count). The maximum Gasteiger partial charge on any atom is 0.195 e. The minimum absolute atomic E-state index is 0.966. The first-order valence-electron chi connectivity index (χ1n) is 31.4. The number of nitrogens with zero attached hydrogens (tertiary/aromatic N) is 8. The summed E-state index contributed by atoms with van der Waals surface area (Å²) in [5.41, 5.74) is 19.9. The molecule has 0 amide bonds. The van der Waals surface area contributed by atoms with Crippen LogP contribution in [0.1, 0.15) is 0 Å². The number of para-hydroxylation sites is 5. The number of rotatable bonds is 8. The lowest BCUT2D eigenvalue weighted by Crippen LogP contribution is -1.94. The van der Waals surface area contributed by atoms with Crippen LogP contribution in [0.4, 0.5) is 0 Å². The first-order valence-corrected chi connectivity index (χ1v) is 36.3. The molecule has 0 N–H and O–H groups in total. The fourth-order valence-corrected chi connectivity index (χ4v) is 19.2. The third-order valence-corrected chi connectivity index (χ3v) is 24.4. The number of hydrogen-bond donors (Lipinski definition) is 0. The van der Waals surface area contributed by atoms with Crippen LogP contribution >= 0.6 is 68.0 Å². The van der Waals surface area contributed by atoms with E-state index in [2.05, 4.69) is 270 Å². The summed E-state index contributed by atoms with van der Waals surface area (Å²) in [5, 5.41) is 13.4. The van der Waals surface area contributed by atoms with Crippen molar-refractivity contribution in [2.45, 2.75) is 0 Å². The summed E-state index contributed by atoms with van der Waals surface area (Å²) in [6.45, 7) is 0. The zero-order valence-corrected chi connectivity index (χ0v) is 55.5. The second-order valence-electron chi connectivity index (χ2n) is 23.8. The molecule has 450 valence electrons. The second-order valence-corrected chi connectivity index (χ2v) is 30.0. The van der Waals surface area contributed by atoms with Gasteiger partial charge in [-0.3, -0.25) is 4.57 Å². The van der Waals surface area contributed by atoms with E-state index >= 15 is 0 Å².